The maximum absolute atomic E-state index is 11.4. The summed E-state index contributed by atoms with van der Waals surface area (Å²) in [7, 11) is 0. The molecule has 0 amide bonds. The average molecular weight is 789 g/mol. The Hall–Kier alpha value is -8.84. The maximum atomic E-state index is 11.4. The van der Waals surface area contributed by atoms with Gasteiger partial charge in [-0.2, -0.15) is 10.5 Å². The second kappa shape index (κ2) is 12.8. The van der Waals surface area contributed by atoms with Gasteiger partial charge >= 0.3 is 0 Å². The van der Waals surface area contributed by atoms with Crippen LogP contribution in [-0.4, -0.2) is 18.3 Å². The number of nitriles is 2. The summed E-state index contributed by atoms with van der Waals surface area (Å²) in [6.45, 7) is 0. The third-order valence-electron chi connectivity index (χ3n) is 12.8. The number of hydrogen-bond acceptors (Lipinski definition) is 2. The van der Waals surface area contributed by atoms with Crippen LogP contribution in [-0.2, 0) is 0 Å². The highest BCUT2D eigenvalue weighted by Crippen LogP contribution is 2.45. The lowest BCUT2D eigenvalue weighted by atomic mass is 10.1. The Morgan fingerprint density at radius 2 is 0.742 bits per heavy atom. The van der Waals surface area contributed by atoms with Gasteiger partial charge in [-0.3, -0.25) is 0 Å². The Bertz CT molecular complexity index is 4020. The van der Waals surface area contributed by atoms with E-state index in [1.807, 2.05) is 36.4 Å². The number of benzene rings is 9. The predicted molar refractivity (Wildman–Crippen MR) is 253 cm³/mol. The summed E-state index contributed by atoms with van der Waals surface area (Å²) in [5.41, 5.74) is 12.6. The molecule has 6 nitrogen and oxygen atoms in total. The first kappa shape index (κ1) is 34.1. The van der Waals surface area contributed by atoms with Gasteiger partial charge in [0.1, 0.15) is 11.6 Å². The molecular weight excluding hydrogens is 757 g/mol. The van der Waals surface area contributed by atoms with E-state index in [4.69, 9.17) is 0 Å². The van der Waals surface area contributed by atoms with Gasteiger partial charge in [0.05, 0.1) is 67.1 Å². The van der Waals surface area contributed by atoms with Crippen molar-refractivity contribution in [3.05, 3.63) is 205 Å². The normalized spacial score (nSPS) is 11.8. The first-order valence-corrected chi connectivity index (χ1v) is 20.7. The van der Waals surface area contributed by atoms with Crippen molar-refractivity contribution in [2.45, 2.75) is 0 Å². The number of para-hydroxylation sites is 6. The van der Waals surface area contributed by atoms with E-state index < -0.39 is 0 Å². The SMILES string of the molecule is N#Cc1cc(-n2c3ccccc3c3ccccc32)c(C#N)c(-n2c3ccc(-n4c5ccccc5c5ccccc54)cc3c3c2ccc2c4ccccc4n(-c4ccccc4)c23)c1. The summed E-state index contributed by atoms with van der Waals surface area (Å²) < 4.78 is 9.10. The Morgan fingerprint density at radius 1 is 0.306 bits per heavy atom. The summed E-state index contributed by atoms with van der Waals surface area (Å²) in [4.78, 5) is 0. The minimum absolute atomic E-state index is 0.465. The van der Waals surface area contributed by atoms with Crippen LogP contribution in [0.5, 0.6) is 0 Å². The fourth-order valence-corrected chi connectivity index (χ4v) is 10.3. The van der Waals surface area contributed by atoms with E-state index in [0.717, 1.165) is 87.8 Å². The molecule has 0 aliphatic rings. The zero-order chi connectivity index (χ0) is 41.1. The van der Waals surface area contributed by atoms with Crippen LogP contribution in [0.1, 0.15) is 11.1 Å². The van der Waals surface area contributed by atoms with E-state index in [1.54, 1.807) is 0 Å². The summed E-state index contributed by atoms with van der Waals surface area (Å²) >= 11 is 0. The van der Waals surface area contributed by atoms with E-state index in [-0.39, 0.29) is 0 Å². The fraction of sp³-hybridized carbons (Fsp3) is 0. The van der Waals surface area contributed by atoms with Gasteiger partial charge < -0.3 is 18.3 Å². The molecule has 0 fully saturated rings. The number of fused-ring (bicyclic) bond motifs is 13. The van der Waals surface area contributed by atoms with Crippen LogP contribution in [0, 0.1) is 22.7 Å². The van der Waals surface area contributed by atoms with Crippen LogP contribution in [0.15, 0.2) is 194 Å². The van der Waals surface area contributed by atoms with Crippen LogP contribution < -0.4 is 0 Å². The molecule has 0 aliphatic carbocycles. The standard InChI is InChI=1S/C56H32N6/c57-33-35-30-53(61-49-24-12-6-18-40(49)41-19-7-13-25-50(41)61)45(34-58)54(31-35)62-51-28-26-37(59-46-21-9-4-16-38(46)39-17-5-10-22-47(39)59)32-44(51)55-52(62)29-27-43-42-20-8-11-23-48(42)60(56(43)55)36-14-2-1-3-15-36/h1-32H. The highest BCUT2D eigenvalue weighted by molar-refractivity contribution is 6.26. The predicted octanol–water partition coefficient (Wildman–Crippen LogP) is 13.8. The van der Waals surface area contributed by atoms with Crippen molar-refractivity contribution in [2.24, 2.45) is 0 Å². The van der Waals surface area contributed by atoms with Crippen molar-refractivity contribution in [1.29, 1.82) is 10.5 Å². The molecule has 0 bridgehead atoms. The summed E-state index contributed by atoms with van der Waals surface area (Å²) in [6.07, 6.45) is 0. The molecule has 6 heteroatoms. The zero-order valence-corrected chi connectivity index (χ0v) is 33.2. The number of aromatic nitrogens is 4. The van der Waals surface area contributed by atoms with Crippen molar-refractivity contribution in [3.63, 3.8) is 0 Å². The first-order chi connectivity index (χ1) is 30.7. The number of hydrogen-bond donors (Lipinski definition) is 0. The van der Waals surface area contributed by atoms with E-state index in [0.29, 0.717) is 22.5 Å². The van der Waals surface area contributed by atoms with Gasteiger partial charge in [-0.05, 0) is 78.9 Å². The van der Waals surface area contributed by atoms with Crippen LogP contribution in [0.25, 0.3) is 110 Å². The van der Waals surface area contributed by atoms with Gasteiger partial charge in [-0.1, -0.05) is 115 Å². The molecule has 0 saturated carbocycles. The zero-order valence-electron chi connectivity index (χ0n) is 33.2. The van der Waals surface area contributed by atoms with E-state index >= 15 is 0 Å². The molecule has 0 unspecified atom stereocenters. The lowest BCUT2D eigenvalue weighted by Crippen LogP contribution is -2.05. The molecule has 13 aromatic rings. The third kappa shape index (κ3) is 4.55. The second-order valence-electron chi connectivity index (χ2n) is 15.9. The molecule has 0 saturated heterocycles. The van der Waals surface area contributed by atoms with Gasteiger partial charge in [0.25, 0.3) is 0 Å². The first-order valence-electron chi connectivity index (χ1n) is 20.7. The Balaban J connectivity index is 1.21. The molecule has 62 heavy (non-hydrogen) atoms. The molecule has 286 valence electrons. The van der Waals surface area contributed by atoms with Crippen LogP contribution in [0.3, 0.4) is 0 Å². The smallest absolute Gasteiger partial charge is 0.104 e. The van der Waals surface area contributed by atoms with Crippen molar-refractivity contribution in [3.8, 4) is 34.9 Å². The molecular formula is C56H32N6. The molecule has 4 aromatic heterocycles. The van der Waals surface area contributed by atoms with Gasteiger partial charge in [0.15, 0.2) is 0 Å². The lowest BCUT2D eigenvalue weighted by molar-refractivity contribution is 1.11. The Labute approximate surface area is 354 Å². The summed E-state index contributed by atoms with van der Waals surface area (Å²) in [6, 6.07) is 72.9. The molecule has 0 atom stereocenters. The van der Waals surface area contributed by atoms with Gasteiger partial charge in [-0.15, -0.1) is 0 Å². The Morgan fingerprint density at radius 3 is 1.27 bits per heavy atom. The minimum atomic E-state index is 0.465. The number of rotatable bonds is 4. The third-order valence-corrected chi connectivity index (χ3v) is 12.8. The lowest BCUT2D eigenvalue weighted by Gasteiger charge is -2.17. The topological polar surface area (TPSA) is 67.3 Å². The molecule has 13 rings (SSSR count). The van der Waals surface area contributed by atoms with Gasteiger partial charge in [-0.25, -0.2) is 0 Å². The van der Waals surface area contributed by atoms with Crippen LogP contribution in [0.4, 0.5) is 0 Å². The van der Waals surface area contributed by atoms with Crippen molar-refractivity contribution >= 4 is 87.2 Å². The maximum Gasteiger partial charge on any atom is 0.104 e. The van der Waals surface area contributed by atoms with E-state index in [9.17, 15) is 10.5 Å². The largest absolute Gasteiger partial charge is 0.309 e. The van der Waals surface area contributed by atoms with Gasteiger partial charge in [0.2, 0.25) is 0 Å². The minimum Gasteiger partial charge on any atom is -0.309 e. The second-order valence-corrected chi connectivity index (χ2v) is 15.9. The highest BCUT2D eigenvalue weighted by Gasteiger charge is 2.25. The fourth-order valence-electron chi connectivity index (χ4n) is 10.3. The molecule has 0 aliphatic heterocycles. The summed E-state index contributed by atoms with van der Waals surface area (Å²) in [5, 5.41) is 31.1. The molecule has 9 aromatic carbocycles. The van der Waals surface area contributed by atoms with Gasteiger partial charge in [0, 0.05) is 54.5 Å². The Kier molecular flexibility index (Phi) is 7.05. The molecule has 0 N–H and O–H groups in total. The van der Waals surface area contributed by atoms with Crippen molar-refractivity contribution < 1.29 is 0 Å². The van der Waals surface area contributed by atoms with Crippen molar-refractivity contribution in [1.82, 2.24) is 18.3 Å². The van der Waals surface area contributed by atoms with E-state index in [1.165, 1.54) is 10.8 Å². The summed E-state index contributed by atoms with van der Waals surface area (Å²) in [5.74, 6) is 0. The van der Waals surface area contributed by atoms with Crippen LogP contribution >= 0.6 is 0 Å². The van der Waals surface area contributed by atoms with Crippen LogP contribution in [0.2, 0.25) is 0 Å². The molecule has 4 heterocycles. The van der Waals surface area contributed by atoms with Crippen molar-refractivity contribution in [2.75, 3.05) is 0 Å². The molecule has 0 radical (unpaired) electrons. The average Bonchev–Trinajstić information content (AvgIpc) is 4.06. The molecule has 0 spiro atoms. The highest BCUT2D eigenvalue weighted by atomic mass is 15.0. The van der Waals surface area contributed by atoms with E-state index in [2.05, 4.69) is 188 Å². The quantitative estimate of drug-likeness (QED) is 0.178. The monoisotopic (exact) mass is 788 g/mol. The number of nitrogens with zero attached hydrogens (tertiary/aromatic N) is 6.